The number of nitrogen functional groups attached to an aromatic ring is 1. The van der Waals surface area contributed by atoms with Gasteiger partial charge in [-0.1, -0.05) is 17.7 Å². The second kappa shape index (κ2) is 3.63. The van der Waals surface area contributed by atoms with Gasteiger partial charge >= 0.3 is 0 Å². The fraction of sp³-hybridized carbons (Fsp3) is 0. The molecule has 0 amide bonds. The minimum atomic E-state index is -0.570. The Bertz CT molecular complexity index is 562. The number of nitrogens with two attached hydrogens (primary N) is 1. The Labute approximate surface area is 94.5 Å². The lowest BCUT2D eigenvalue weighted by atomic mass is 10.2. The molecular formula is C8H6ClFN4S. The number of nitrogens with zero attached hydrogens (tertiary/aromatic N) is 2. The number of aromatic nitrogens is 3. The van der Waals surface area contributed by atoms with Crippen molar-refractivity contribution < 1.29 is 4.39 Å². The lowest BCUT2D eigenvalue weighted by Gasteiger charge is -2.02. The van der Waals surface area contributed by atoms with Crippen LogP contribution in [0.5, 0.6) is 0 Å². The van der Waals surface area contributed by atoms with E-state index in [0.717, 1.165) is 4.68 Å². The zero-order valence-electron chi connectivity index (χ0n) is 7.37. The summed E-state index contributed by atoms with van der Waals surface area (Å²) in [4.78, 5) is 0. The Hall–Kier alpha value is -1.40. The second-order valence-corrected chi connectivity index (χ2v) is 3.62. The quantitative estimate of drug-likeness (QED) is 0.597. The number of hydrogen-bond acceptors (Lipinski definition) is 3. The van der Waals surface area contributed by atoms with Gasteiger partial charge in [0.2, 0.25) is 4.77 Å². The number of aromatic amines is 1. The van der Waals surface area contributed by atoms with Crippen LogP contribution in [0.25, 0.3) is 11.4 Å². The van der Waals surface area contributed by atoms with Gasteiger partial charge in [0.05, 0.1) is 10.6 Å². The molecular weight excluding hydrogens is 239 g/mol. The van der Waals surface area contributed by atoms with Crippen molar-refractivity contribution in [3.05, 3.63) is 33.8 Å². The molecule has 4 nitrogen and oxygen atoms in total. The molecule has 0 aliphatic heterocycles. The number of nitrogens with one attached hydrogen (secondary N) is 1. The SMILES string of the molecule is Nn1c(-c2cccc(Cl)c2F)n[nH]c1=S. The van der Waals surface area contributed by atoms with Crippen LogP contribution in [-0.4, -0.2) is 14.9 Å². The molecule has 0 fully saturated rings. The summed E-state index contributed by atoms with van der Waals surface area (Å²) in [6.07, 6.45) is 0. The van der Waals surface area contributed by atoms with Gasteiger partial charge in [0.15, 0.2) is 11.6 Å². The first-order valence-electron chi connectivity index (χ1n) is 3.98. The molecule has 0 saturated carbocycles. The minimum Gasteiger partial charge on any atom is -0.335 e. The van der Waals surface area contributed by atoms with Crippen LogP contribution < -0.4 is 5.84 Å². The first-order chi connectivity index (χ1) is 7.11. The van der Waals surface area contributed by atoms with Crippen LogP contribution >= 0.6 is 23.8 Å². The van der Waals surface area contributed by atoms with Crippen molar-refractivity contribution in [3.63, 3.8) is 0 Å². The molecule has 15 heavy (non-hydrogen) atoms. The average Bonchev–Trinajstić information content (AvgIpc) is 2.53. The smallest absolute Gasteiger partial charge is 0.214 e. The van der Waals surface area contributed by atoms with Gasteiger partial charge in [-0.3, -0.25) is 0 Å². The highest BCUT2D eigenvalue weighted by atomic mass is 35.5. The molecule has 1 aromatic carbocycles. The second-order valence-electron chi connectivity index (χ2n) is 2.82. The molecule has 0 atom stereocenters. The third-order valence-corrected chi connectivity index (χ3v) is 2.48. The topological polar surface area (TPSA) is 59.6 Å². The highest BCUT2D eigenvalue weighted by Crippen LogP contribution is 2.25. The monoisotopic (exact) mass is 244 g/mol. The molecule has 0 aliphatic carbocycles. The van der Waals surface area contributed by atoms with E-state index in [1.54, 1.807) is 6.07 Å². The van der Waals surface area contributed by atoms with Gasteiger partial charge in [-0.05, 0) is 24.4 Å². The maximum atomic E-state index is 13.6. The van der Waals surface area contributed by atoms with Crippen LogP contribution in [0.2, 0.25) is 5.02 Å². The fourth-order valence-corrected chi connectivity index (χ4v) is 1.48. The number of rotatable bonds is 1. The lowest BCUT2D eigenvalue weighted by Crippen LogP contribution is -2.10. The van der Waals surface area contributed by atoms with Crippen LogP contribution in [0.4, 0.5) is 4.39 Å². The van der Waals surface area contributed by atoms with Crippen molar-refractivity contribution in [1.82, 2.24) is 14.9 Å². The molecule has 0 spiro atoms. The molecule has 78 valence electrons. The van der Waals surface area contributed by atoms with Crippen molar-refractivity contribution in [2.45, 2.75) is 0 Å². The van der Waals surface area contributed by atoms with Crippen molar-refractivity contribution in [2.75, 3.05) is 5.84 Å². The minimum absolute atomic E-state index is 0.0152. The van der Waals surface area contributed by atoms with Crippen molar-refractivity contribution in [1.29, 1.82) is 0 Å². The highest BCUT2D eigenvalue weighted by Gasteiger charge is 2.13. The Balaban J connectivity index is 2.69. The molecule has 0 aliphatic rings. The van der Waals surface area contributed by atoms with E-state index < -0.39 is 5.82 Å². The van der Waals surface area contributed by atoms with Gasteiger partial charge in [0.25, 0.3) is 0 Å². The maximum Gasteiger partial charge on any atom is 0.214 e. The summed E-state index contributed by atoms with van der Waals surface area (Å²) in [5.41, 5.74) is 0.206. The van der Waals surface area contributed by atoms with E-state index in [2.05, 4.69) is 10.2 Å². The first kappa shape index (κ1) is 10.1. The molecule has 0 unspecified atom stereocenters. The Kier molecular flexibility index (Phi) is 2.45. The molecule has 3 N–H and O–H groups in total. The van der Waals surface area contributed by atoms with E-state index >= 15 is 0 Å². The van der Waals surface area contributed by atoms with Crippen LogP contribution in [0.1, 0.15) is 0 Å². The van der Waals surface area contributed by atoms with Gasteiger partial charge in [-0.2, -0.15) is 5.10 Å². The van der Waals surface area contributed by atoms with Crippen molar-refractivity contribution >= 4 is 23.8 Å². The van der Waals surface area contributed by atoms with Gasteiger partial charge in [-0.25, -0.2) is 14.2 Å². The molecule has 2 aromatic rings. The summed E-state index contributed by atoms with van der Waals surface area (Å²) < 4.78 is 14.9. The summed E-state index contributed by atoms with van der Waals surface area (Å²) in [5, 5.41) is 6.29. The Morgan fingerprint density at radius 3 is 2.87 bits per heavy atom. The number of hydrogen-bond donors (Lipinski definition) is 2. The van der Waals surface area contributed by atoms with E-state index in [1.165, 1.54) is 12.1 Å². The predicted octanol–water partition coefficient (Wildman–Crippen LogP) is 2.11. The third kappa shape index (κ3) is 1.62. The van der Waals surface area contributed by atoms with E-state index in [-0.39, 0.29) is 21.2 Å². The van der Waals surface area contributed by atoms with Gasteiger partial charge in [0, 0.05) is 0 Å². The van der Waals surface area contributed by atoms with E-state index in [1.807, 2.05) is 0 Å². The number of H-pyrrole nitrogens is 1. The third-order valence-electron chi connectivity index (χ3n) is 1.90. The van der Waals surface area contributed by atoms with Crippen molar-refractivity contribution in [2.24, 2.45) is 0 Å². The molecule has 1 heterocycles. The molecule has 1 aromatic heterocycles. The Morgan fingerprint density at radius 2 is 2.27 bits per heavy atom. The maximum absolute atomic E-state index is 13.6. The van der Waals surface area contributed by atoms with E-state index in [0.29, 0.717) is 0 Å². The van der Waals surface area contributed by atoms with E-state index in [9.17, 15) is 4.39 Å². The molecule has 7 heteroatoms. The predicted molar refractivity (Wildman–Crippen MR) is 58.0 cm³/mol. The zero-order chi connectivity index (χ0) is 11.0. The Morgan fingerprint density at radius 1 is 1.53 bits per heavy atom. The molecule has 0 bridgehead atoms. The number of benzene rings is 1. The molecule has 2 rings (SSSR count). The van der Waals surface area contributed by atoms with Crippen LogP contribution in [0.3, 0.4) is 0 Å². The standard InChI is InChI=1S/C8H6ClFN4S/c9-5-3-1-2-4(6(5)10)7-12-13-8(15)14(7)11/h1-3H,11H2,(H,13,15). The van der Waals surface area contributed by atoms with Gasteiger partial charge < -0.3 is 5.84 Å². The zero-order valence-corrected chi connectivity index (χ0v) is 8.94. The van der Waals surface area contributed by atoms with Crippen LogP contribution in [0.15, 0.2) is 18.2 Å². The largest absolute Gasteiger partial charge is 0.335 e. The summed E-state index contributed by atoms with van der Waals surface area (Å²) >= 11 is 10.4. The molecule has 0 saturated heterocycles. The first-order valence-corrected chi connectivity index (χ1v) is 4.76. The lowest BCUT2D eigenvalue weighted by molar-refractivity contribution is 0.629. The number of halogens is 2. The van der Waals surface area contributed by atoms with E-state index in [4.69, 9.17) is 29.7 Å². The summed E-state index contributed by atoms with van der Waals surface area (Å²) in [6.45, 7) is 0. The average molecular weight is 245 g/mol. The summed E-state index contributed by atoms with van der Waals surface area (Å²) in [5.74, 6) is 5.20. The van der Waals surface area contributed by atoms with Gasteiger partial charge in [-0.15, -0.1) is 0 Å². The van der Waals surface area contributed by atoms with Gasteiger partial charge in [0.1, 0.15) is 0 Å². The summed E-state index contributed by atoms with van der Waals surface area (Å²) in [6, 6.07) is 4.58. The normalized spacial score (nSPS) is 10.5. The highest BCUT2D eigenvalue weighted by molar-refractivity contribution is 7.71. The van der Waals surface area contributed by atoms with Crippen LogP contribution in [0, 0.1) is 10.6 Å². The molecule has 0 radical (unpaired) electrons. The summed E-state index contributed by atoms with van der Waals surface area (Å²) in [7, 11) is 0. The fourth-order valence-electron chi connectivity index (χ4n) is 1.17. The van der Waals surface area contributed by atoms with Crippen molar-refractivity contribution in [3.8, 4) is 11.4 Å². The van der Waals surface area contributed by atoms with Crippen LogP contribution in [-0.2, 0) is 0 Å².